The van der Waals surface area contributed by atoms with Crippen LogP contribution >= 0.6 is 15.9 Å². The molecule has 0 fully saturated rings. The lowest BCUT2D eigenvalue weighted by Crippen LogP contribution is -2.24. The van der Waals surface area contributed by atoms with Crippen LogP contribution in [-0.4, -0.2) is 16.6 Å². The SMILES string of the molecule is CC(C)(C)OC(=O)c1cc2ccc(Br)cc2[nH]1. The first kappa shape index (κ1) is 12.2. The van der Waals surface area contributed by atoms with Crippen LogP contribution in [0.1, 0.15) is 31.3 Å². The number of fused-ring (bicyclic) bond motifs is 1. The number of carbonyl (C=O) groups excluding carboxylic acids is 1. The summed E-state index contributed by atoms with van der Waals surface area (Å²) in [6, 6.07) is 7.62. The molecule has 90 valence electrons. The average molecular weight is 296 g/mol. The van der Waals surface area contributed by atoms with Crippen LogP contribution in [0.2, 0.25) is 0 Å². The highest BCUT2D eigenvalue weighted by molar-refractivity contribution is 9.10. The molecule has 0 aliphatic carbocycles. The van der Waals surface area contributed by atoms with Crippen molar-refractivity contribution in [1.29, 1.82) is 0 Å². The van der Waals surface area contributed by atoms with Crippen molar-refractivity contribution in [3.8, 4) is 0 Å². The van der Waals surface area contributed by atoms with E-state index in [0.29, 0.717) is 5.69 Å². The van der Waals surface area contributed by atoms with Crippen molar-refractivity contribution in [3.05, 3.63) is 34.4 Å². The molecule has 0 saturated carbocycles. The molecule has 1 heterocycles. The van der Waals surface area contributed by atoms with E-state index in [-0.39, 0.29) is 5.97 Å². The average Bonchev–Trinajstić information content (AvgIpc) is 2.57. The van der Waals surface area contributed by atoms with Crippen LogP contribution in [0.25, 0.3) is 10.9 Å². The molecule has 0 aliphatic rings. The molecule has 0 spiro atoms. The number of rotatable bonds is 1. The van der Waals surface area contributed by atoms with E-state index in [1.54, 1.807) is 6.07 Å². The van der Waals surface area contributed by atoms with Crippen molar-refractivity contribution in [2.75, 3.05) is 0 Å². The number of esters is 1. The smallest absolute Gasteiger partial charge is 0.355 e. The molecule has 17 heavy (non-hydrogen) atoms. The number of H-pyrrole nitrogens is 1. The third kappa shape index (κ3) is 2.88. The fourth-order valence-corrected chi connectivity index (χ4v) is 1.90. The van der Waals surface area contributed by atoms with Gasteiger partial charge in [0.15, 0.2) is 0 Å². The zero-order chi connectivity index (χ0) is 12.6. The minimum Gasteiger partial charge on any atom is -0.455 e. The van der Waals surface area contributed by atoms with Gasteiger partial charge in [0.25, 0.3) is 0 Å². The largest absolute Gasteiger partial charge is 0.455 e. The van der Waals surface area contributed by atoms with Gasteiger partial charge in [-0.1, -0.05) is 22.0 Å². The van der Waals surface area contributed by atoms with E-state index < -0.39 is 5.60 Å². The summed E-state index contributed by atoms with van der Waals surface area (Å²) in [4.78, 5) is 14.9. The minimum atomic E-state index is -0.477. The predicted octanol–water partition coefficient (Wildman–Crippen LogP) is 3.89. The van der Waals surface area contributed by atoms with Gasteiger partial charge in [0.2, 0.25) is 0 Å². The van der Waals surface area contributed by atoms with Crippen LogP contribution in [-0.2, 0) is 4.74 Å². The lowest BCUT2D eigenvalue weighted by atomic mass is 10.2. The second kappa shape index (κ2) is 4.18. The summed E-state index contributed by atoms with van der Waals surface area (Å²) >= 11 is 3.39. The molecule has 0 amide bonds. The van der Waals surface area contributed by atoms with Gasteiger partial charge in [0.05, 0.1) is 0 Å². The first-order valence-corrected chi connectivity index (χ1v) is 6.16. The first-order chi connectivity index (χ1) is 7.85. The third-order valence-electron chi connectivity index (χ3n) is 2.20. The second-order valence-corrected chi connectivity index (χ2v) is 5.83. The Balaban J connectivity index is 2.33. The molecular formula is C13H14BrNO2. The summed E-state index contributed by atoms with van der Waals surface area (Å²) in [5.74, 6) is -0.329. The van der Waals surface area contributed by atoms with Crippen LogP contribution < -0.4 is 0 Å². The number of carbonyl (C=O) groups is 1. The number of aromatic nitrogens is 1. The monoisotopic (exact) mass is 295 g/mol. The Hall–Kier alpha value is -1.29. The van der Waals surface area contributed by atoms with Crippen molar-refractivity contribution < 1.29 is 9.53 Å². The van der Waals surface area contributed by atoms with Gasteiger partial charge in [-0.15, -0.1) is 0 Å². The van der Waals surface area contributed by atoms with Crippen LogP contribution in [0.15, 0.2) is 28.7 Å². The highest BCUT2D eigenvalue weighted by Gasteiger charge is 2.19. The van der Waals surface area contributed by atoms with Crippen LogP contribution in [0.5, 0.6) is 0 Å². The highest BCUT2D eigenvalue weighted by atomic mass is 79.9. The van der Waals surface area contributed by atoms with E-state index in [2.05, 4.69) is 20.9 Å². The van der Waals surface area contributed by atoms with Crippen LogP contribution in [0.4, 0.5) is 0 Å². The van der Waals surface area contributed by atoms with E-state index in [9.17, 15) is 4.79 Å². The Labute approximate surface area is 108 Å². The molecule has 2 rings (SSSR count). The molecule has 0 aliphatic heterocycles. The summed E-state index contributed by atoms with van der Waals surface area (Å²) in [6.45, 7) is 5.55. The number of ether oxygens (including phenoxy) is 1. The molecular weight excluding hydrogens is 282 g/mol. The summed E-state index contributed by atoms with van der Waals surface area (Å²) in [7, 11) is 0. The van der Waals surface area contributed by atoms with Crippen molar-refractivity contribution in [2.45, 2.75) is 26.4 Å². The summed E-state index contributed by atoms with van der Waals surface area (Å²) in [5, 5.41) is 0.994. The molecule has 1 aromatic carbocycles. The zero-order valence-corrected chi connectivity index (χ0v) is 11.6. The standard InChI is InChI=1S/C13H14BrNO2/c1-13(2,3)17-12(16)11-6-8-4-5-9(14)7-10(8)15-11/h4-7,15H,1-3H3. The predicted molar refractivity (Wildman–Crippen MR) is 71.2 cm³/mol. The Morgan fingerprint density at radius 1 is 1.29 bits per heavy atom. The molecule has 0 atom stereocenters. The molecule has 1 N–H and O–H groups in total. The molecule has 0 bridgehead atoms. The van der Waals surface area contributed by atoms with Gasteiger partial charge in [0.1, 0.15) is 11.3 Å². The lowest BCUT2D eigenvalue weighted by Gasteiger charge is -2.18. The third-order valence-corrected chi connectivity index (χ3v) is 2.70. The van der Waals surface area contributed by atoms with Gasteiger partial charge in [-0.3, -0.25) is 0 Å². The Kier molecular flexibility index (Phi) is 3.00. The molecule has 1 aromatic heterocycles. The van der Waals surface area contributed by atoms with E-state index in [0.717, 1.165) is 15.4 Å². The van der Waals surface area contributed by atoms with Gasteiger partial charge >= 0.3 is 5.97 Å². The molecule has 4 heteroatoms. The summed E-state index contributed by atoms with van der Waals surface area (Å²) in [6.07, 6.45) is 0. The summed E-state index contributed by atoms with van der Waals surface area (Å²) < 4.78 is 6.28. The number of halogens is 1. The maximum atomic E-state index is 11.8. The zero-order valence-electron chi connectivity index (χ0n) is 10.0. The lowest BCUT2D eigenvalue weighted by molar-refractivity contribution is 0.00639. The van der Waals surface area contributed by atoms with E-state index in [1.165, 1.54) is 0 Å². The van der Waals surface area contributed by atoms with Crippen molar-refractivity contribution in [3.63, 3.8) is 0 Å². The number of benzene rings is 1. The van der Waals surface area contributed by atoms with Gasteiger partial charge in [-0.2, -0.15) is 0 Å². The number of aromatic amines is 1. The molecule has 2 aromatic rings. The molecule has 3 nitrogen and oxygen atoms in total. The number of hydrogen-bond donors (Lipinski definition) is 1. The minimum absolute atomic E-state index is 0.329. The topological polar surface area (TPSA) is 42.1 Å². The van der Waals surface area contributed by atoms with Gasteiger partial charge < -0.3 is 9.72 Å². The van der Waals surface area contributed by atoms with Crippen molar-refractivity contribution in [2.24, 2.45) is 0 Å². The van der Waals surface area contributed by atoms with Gasteiger partial charge in [-0.25, -0.2) is 4.79 Å². The van der Waals surface area contributed by atoms with E-state index in [1.807, 2.05) is 39.0 Å². The van der Waals surface area contributed by atoms with E-state index in [4.69, 9.17) is 4.74 Å². The first-order valence-electron chi connectivity index (χ1n) is 5.37. The fourth-order valence-electron chi connectivity index (χ4n) is 1.54. The molecule has 0 unspecified atom stereocenters. The van der Waals surface area contributed by atoms with Crippen molar-refractivity contribution in [1.82, 2.24) is 4.98 Å². The normalized spacial score (nSPS) is 11.8. The van der Waals surface area contributed by atoms with Crippen LogP contribution in [0, 0.1) is 0 Å². The maximum Gasteiger partial charge on any atom is 0.355 e. The second-order valence-electron chi connectivity index (χ2n) is 4.92. The maximum absolute atomic E-state index is 11.8. The van der Waals surface area contributed by atoms with E-state index >= 15 is 0 Å². The Bertz CT molecular complexity index is 566. The molecule has 0 radical (unpaired) electrons. The van der Waals surface area contributed by atoms with Crippen LogP contribution in [0.3, 0.4) is 0 Å². The fraction of sp³-hybridized carbons (Fsp3) is 0.308. The molecule has 0 saturated heterocycles. The highest BCUT2D eigenvalue weighted by Crippen LogP contribution is 2.21. The van der Waals surface area contributed by atoms with Gasteiger partial charge in [0, 0.05) is 15.4 Å². The quantitative estimate of drug-likeness (QED) is 0.811. The number of hydrogen-bond acceptors (Lipinski definition) is 2. The number of nitrogens with one attached hydrogen (secondary N) is 1. The Morgan fingerprint density at radius 2 is 2.00 bits per heavy atom. The van der Waals surface area contributed by atoms with Crippen molar-refractivity contribution >= 4 is 32.8 Å². The van der Waals surface area contributed by atoms with Gasteiger partial charge in [-0.05, 0) is 39.0 Å². The summed E-state index contributed by atoms with van der Waals surface area (Å²) in [5.41, 5.74) is 0.919. The Morgan fingerprint density at radius 3 is 2.65 bits per heavy atom.